The lowest BCUT2D eigenvalue weighted by atomic mass is 10.3. The largest absolute Gasteiger partial charge is 0.456 e. The van der Waals surface area contributed by atoms with Crippen LogP contribution in [0.3, 0.4) is 0 Å². The number of para-hydroxylation sites is 1. The Hall–Kier alpha value is -4.64. The van der Waals surface area contributed by atoms with Crippen molar-refractivity contribution in [3.8, 4) is 5.75 Å². The molecule has 204 valence electrons. The summed E-state index contributed by atoms with van der Waals surface area (Å²) >= 11 is 0. The van der Waals surface area contributed by atoms with E-state index in [2.05, 4.69) is 5.73 Å². The van der Waals surface area contributed by atoms with Gasteiger partial charge in [-0.3, -0.25) is 0 Å². The molecule has 3 nitrogen and oxygen atoms in total. The van der Waals surface area contributed by atoms with E-state index in [1.54, 1.807) is 18.2 Å². The Kier molecular flexibility index (Phi) is 7.91. The normalized spacial score (nSPS) is 13.1. The highest BCUT2D eigenvalue weighted by Crippen LogP contribution is 2.54. The zero-order valence-corrected chi connectivity index (χ0v) is 24.6. The highest BCUT2D eigenvalue weighted by Gasteiger charge is 2.36. The van der Waals surface area contributed by atoms with Crippen molar-refractivity contribution in [1.82, 2.24) is 0 Å². The molecule has 0 N–H and O–H groups in total. The average Bonchev–Trinajstić information content (AvgIpc) is 3.31. The summed E-state index contributed by atoms with van der Waals surface area (Å²) in [7, 11) is -6.74. The van der Waals surface area contributed by atoms with Gasteiger partial charge in [-0.25, -0.2) is 0 Å². The third-order valence-electron chi connectivity index (χ3n) is 7.16. The van der Waals surface area contributed by atoms with Gasteiger partial charge in [-0.15, -0.1) is 5.73 Å². The van der Waals surface area contributed by atoms with Crippen LogP contribution in [-0.2, 0) is 9.13 Å². The number of benzene rings is 5. The lowest BCUT2D eigenvalue weighted by Gasteiger charge is -2.25. The lowest BCUT2D eigenvalue weighted by molar-refractivity contribution is 0.445. The fourth-order valence-electron chi connectivity index (χ4n) is 5.14. The van der Waals surface area contributed by atoms with E-state index in [4.69, 9.17) is 4.74 Å². The average molecular weight is 583 g/mol. The molecular formula is C37H28O3P2. The second-order valence-corrected chi connectivity index (χ2v) is 15.2. The molecule has 0 amide bonds. The molecule has 1 aliphatic rings. The van der Waals surface area contributed by atoms with Crippen LogP contribution in [0.5, 0.6) is 5.75 Å². The number of hydrogen-bond donors (Lipinski definition) is 0. The summed E-state index contributed by atoms with van der Waals surface area (Å²) in [4.78, 5) is 0. The Balaban J connectivity index is 1.57. The molecule has 5 aromatic carbocycles. The van der Waals surface area contributed by atoms with E-state index in [1.165, 1.54) is 0 Å². The molecule has 1 aliphatic carbocycles. The Labute approximate surface area is 246 Å². The fourth-order valence-corrected chi connectivity index (χ4v) is 10.6. The van der Waals surface area contributed by atoms with Crippen LogP contribution in [0.4, 0.5) is 0 Å². The molecule has 0 aromatic heterocycles. The van der Waals surface area contributed by atoms with E-state index in [-0.39, 0.29) is 0 Å². The summed E-state index contributed by atoms with van der Waals surface area (Å²) in [6, 6.07) is 45.4. The number of allylic oxidation sites excluding steroid dienone is 4. The molecule has 0 heterocycles. The van der Waals surface area contributed by atoms with Gasteiger partial charge in [0.15, 0.2) is 14.3 Å². The van der Waals surface area contributed by atoms with E-state index in [9.17, 15) is 0 Å². The quantitative estimate of drug-likeness (QED) is 0.143. The molecule has 0 fully saturated rings. The van der Waals surface area contributed by atoms with Gasteiger partial charge in [-0.1, -0.05) is 140 Å². The first-order valence-corrected chi connectivity index (χ1v) is 17.1. The van der Waals surface area contributed by atoms with Gasteiger partial charge in [0, 0.05) is 21.2 Å². The molecule has 5 heteroatoms. The second-order valence-electron chi connectivity index (χ2n) is 9.72. The van der Waals surface area contributed by atoms with Gasteiger partial charge >= 0.3 is 0 Å². The molecule has 0 bridgehead atoms. The summed E-state index contributed by atoms with van der Waals surface area (Å²) in [6.07, 6.45) is 7.13. The molecule has 42 heavy (non-hydrogen) atoms. The summed E-state index contributed by atoms with van der Waals surface area (Å²) in [5, 5.41) is 3.87. The van der Waals surface area contributed by atoms with E-state index in [0.717, 1.165) is 0 Å². The Morgan fingerprint density at radius 1 is 0.500 bits per heavy atom. The van der Waals surface area contributed by atoms with E-state index >= 15 is 9.13 Å². The first-order valence-electron chi connectivity index (χ1n) is 13.7. The van der Waals surface area contributed by atoms with Crippen molar-refractivity contribution >= 4 is 40.8 Å². The van der Waals surface area contributed by atoms with Crippen LogP contribution in [-0.4, -0.2) is 0 Å². The zero-order chi connectivity index (χ0) is 28.8. The minimum Gasteiger partial charge on any atom is -0.456 e. The SMILES string of the molecule is O=P(C1=C(Oc2ccccc2P(=O)(c2ccccc2)c2ccccc2)C=CC=C=C1)(c1ccccc1)c1ccccc1. The molecule has 6 rings (SSSR count). The maximum Gasteiger partial charge on any atom is 0.175 e. The summed E-state index contributed by atoms with van der Waals surface area (Å²) in [5.41, 5.74) is 3.15. The number of ether oxygens (including phenoxy) is 1. The van der Waals surface area contributed by atoms with Crippen molar-refractivity contribution in [2.24, 2.45) is 0 Å². The third-order valence-corrected chi connectivity index (χ3v) is 13.3. The van der Waals surface area contributed by atoms with E-state index < -0.39 is 14.3 Å². The Morgan fingerprint density at radius 3 is 1.43 bits per heavy atom. The van der Waals surface area contributed by atoms with Crippen LogP contribution >= 0.6 is 14.3 Å². The summed E-state index contributed by atoms with van der Waals surface area (Å²) < 4.78 is 37.3. The van der Waals surface area contributed by atoms with Gasteiger partial charge in [-0.2, -0.15) is 0 Å². The van der Waals surface area contributed by atoms with E-state index in [0.29, 0.717) is 43.3 Å². The second kappa shape index (κ2) is 12.1. The van der Waals surface area contributed by atoms with Crippen molar-refractivity contribution in [3.63, 3.8) is 0 Å². The topological polar surface area (TPSA) is 43.4 Å². The zero-order valence-electron chi connectivity index (χ0n) is 22.8. The molecule has 0 unspecified atom stereocenters. The minimum atomic E-state index is -3.40. The predicted octanol–water partition coefficient (Wildman–Crippen LogP) is 7.21. The van der Waals surface area contributed by atoms with Gasteiger partial charge in [0.25, 0.3) is 0 Å². The van der Waals surface area contributed by atoms with Gasteiger partial charge in [0.1, 0.15) is 11.5 Å². The van der Waals surface area contributed by atoms with Crippen LogP contribution in [0.15, 0.2) is 187 Å². The summed E-state index contributed by atoms with van der Waals surface area (Å²) in [5.74, 6) is 0.848. The smallest absolute Gasteiger partial charge is 0.175 e. The Bertz CT molecular complexity index is 1830. The van der Waals surface area contributed by atoms with Crippen LogP contribution in [0, 0.1) is 0 Å². The predicted molar refractivity (Wildman–Crippen MR) is 175 cm³/mol. The molecule has 0 spiro atoms. The first kappa shape index (κ1) is 27.5. The van der Waals surface area contributed by atoms with Crippen molar-refractivity contribution in [1.29, 1.82) is 0 Å². The van der Waals surface area contributed by atoms with Gasteiger partial charge in [0.05, 0.1) is 10.6 Å². The number of rotatable bonds is 8. The standard InChI is InChI=1S/C37H28O3P2/c38-41(30-18-6-1-7-19-30,31-20-8-2-9-21-31)36-28-15-5-14-26-34(36)40-35-27-16-17-29-37(35)42(39,32-22-10-3-11-23-32)33-24-12-4-13-25-33/h1-14,16-29H. The maximum atomic E-state index is 15.3. The monoisotopic (exact) mass is 582 g/mol. The molecule has 0 atom stereocenters. The van der Waals surface area contributed by atoms with Crippen LogP contribution < -0.4 is 31.3 Å². The van der Waals surface area contributed by atoms with Crippen molar-refractivity contribution in [2.45, 2.75) is 0 Å². The van der Waals surface area contributed by atoms with Gasteiger partial charge in [-0.05, 0) is 30.4 Å². The molecule has 0 saturated heterocycles. The molecular weight excluding hydrogens is 554 g/mol. The molecule has 0 saturated carbocycles. The minimum absolute atomic E-state index is 0.410. The molecule has 5 aromatic rings. The summed E-state index contributed by atoms with van der Waals surface area (Å²) in [6.45, 7) is 0. The highest BCUT2D eigenvalue weighted by molar-refractivity contribution is 7.85. The van der Waals surface area contributed by atoms with Crippen molar-refractivity contribution in [3.05, 3.63) is 187 Å². The van der Waals surface area contributed by atoms with Crippen LogP contribution in [0.25, 0.3) is 0 Å². The Morgan fingerprint density at radius 2 is 0.929 bits per heavy atom. The maximum absolute atomic E-state index is 15.3. The third kappa shape index (κ3) is 5.11. The highest BCUT2D eigenvalue weighted by atomic mass is 31.2. The van der Waals surface area contributed by atoms with Crippen LogP contribution in [0.2, 0.25) is 0 Å². The van der Waals surface area contributed by atoms with Gasteiger partial charge in [0.2, 0.25) is 0 Å². The fraction of sp³-hybridized carbons (Fsp3) is 0. The molecule has 0 radical (unpaired) electrons. The van der Waals surface area contributed by atoms with E-state index in [1.807, 2.05) is 152 Å². The lowest BCUT2D eigenvalue weighted by Crippen LogP contribution is -2.26. The van der Waals surface area contributed by atoms with Crippen molar-refractivity contribution in [2.75, 3.05) is 0 Å². The van der Waals surface area contributed by atoms with Crippen LogP contribution in [0.1, 0.15) is 0 Å². The van der Waals surface area contributed by atoms with Crippen molar-refractivity contribution < 1.29 is 13.9 Å². The number of hydrogen-bond acceptors (Lipinski definition) is 3. The first-order chi connectivity index (χ1) is 20.6. The van der Waals surface area contributed by atoms with Gasteiger partial charge < -0.3 is 13.9 Å². The molecule has 0 aliphatic heterocycles.